The quantitative estimate of drug-likeness (QED) is 0.184. The maximum atomic E-state index is 14.2. The van der Waals surface area contributed by atoms with E-state index in [1.807, 2.05) is 90.9 Å². The lowest BCUT2D eigenvalue weighted by Crippen LogP contribution is -2.59. The fourth-order valence-electron chi connectivity index (χ4n) is 7.78. The first-order chi connectivity index (χ1) is 24.4. The van der Waals surface area contributed by atoms with Crippen LogP contribution in [0.1, 0.15) is 92.7 Å². The molecule has 0 spiro atoms. The number of carbonyl (C=O) groups is 4. The van der Waals surface area contributed by atoms with E-state index in [-0.39, 0.29) is 53.8 Å². The number of amides is 4. The Hall–Kier alpha value is -3.06. The van der Waals surface area contributed by atoms with Crippen molar-refractivity contribution in [2.45, 2.75) is 130 Å². The van der Waals surface area contributed by atoms with Crippen molar-refractivity contribution in [3.63, 3.8) is 0 Å². The van der Waals surface area contributed by atoms with E-state index in [9.17, 15) is 24.3 Å². The normalized spacial score (nSPS) is 20.1. The summed E-state index contributed by atoms with van der Waals surface area (Å²) in [6.45, 7) is 16.0. The van der Waals surface area contributed by atoms with Crippen LogP contribution in [0.15, 0.2) is 30.3 Å². The van der Waals surface area contributed by atoms with Crippen molar-refractivity contribution in [3.8, 4) is 0 Å². The summed E-state index contributed by atoms with van der Waals surface area (Å²) in [5.41, 5.74) is 0.711. The molecule has 296 valence electrons. The molecule has 3 N–H and O–H groups in total. The van der Waals surface area contributed by atoms with E-state index in [0.717, 1.165) is 12.8 Å². The fraction of sp³-hybridized carbons (Fsp3) is 0.750. The maximum absolute atomic E-state index is 14.2. The molecule has 0 aromatic heterocycles. The molecule has 1 heterocycles. The standard InChI is InChI=1S/C40H69N5O7/c1-14-26(6)35(44(11)40(50)33(24(2)3)42-39(49)34(25(4)5)43(9)10)31(51-12)23-32(46)45-22-18-21-30(45)37(52-13)27(7)38(48)41-28(8)36(47)29-19-16-15-17-20-29/h15-17,19-20,24-28,30-31,33-37,47H,14,18,21-23H2,1-13H3,(H,41,48)(H,42,49)/t26?,27?,28?,30-,31?,33?,34?,35?,36?,37?/m0/s1. The number of ether oxygens (including phenoxy) is 2. The molecule has 0 aliphatic carbocycles. The molecule has 0 bridgehead atoms. The molecule has 4 amide bonds. The molecular weight excluding hydrogens is 662 g/mol. The third kappa shape index (κ3) is 11.5. The minimum absolute atomic E-state index is 0.0153. The van der Waals surface area contributed by atoms with E-state index in [0.29, 0.717) is 18.5 Å². The number of methoxy groups -OCH3 is 2. The number of nitrogens with one attached hydrogen (secondary N) is 2. The van der Waals surface area contributed by atoms with Gasteiger partial charge in [0.2, 0.25) is 23.6 Å². The van der Waals surface area contributed by atoms with Crippen LogP contribution in [0, 0.1) is 23.7 Å². The lowest BCUT2D eigenvalue weighted by Gasteiger charge is -2.41. The van der Waals surface area contributed by atoms with E-state index < -0.39 is 48.4 Å². The number of hydrogen-bond donors (Lipinski definition) is 3. The zero-order chi connectivity index (χ0) is 39.4. The van der Waals surface area contributed by atoms with Crippen molar-refractivity contribution in [1.82, 2.24) is 25.3 Å². The van der Waals surface area contributed by atoms with Crippen molar-refractivity contribution in [2.24, 2.45) is 23.7 Å². The van der Waals surface area contributed by atoms with Crippen LogP contribution in [-0.4, -0.2) is 128 Å². The minimum Gasteiger partial charge on any atom is -0.386 e. The zero-order valence-electron chi connectivity index (χ0n) is 34.1. The highest BCUT2D eigenvalue weighted by atomic mass is 16.5. The predicted molar refractivity (Wildman–Crippen MR) is 204 cm³/mol. The van der Waals surface area contributed by atoms with Gasteiger partial charge in [0, 0.05) is 27.8 Å². The van der Waals surface area contributed by atoms with Gasteiger partial charge in [0.25, 0.3) is 0 Å². The number of carbonyl (C=O) groups excluding carboxylic acids is 4. The molecule has 1 aromatic carbocycles. The van der Waals surface area contributed by atoms with Gasteiger partial charge in [0.15, 0.2) is 0 Å². The molecule has 0 saturated carbocycles. The first kappa shape index (κ1) is 45.1. The molecule has 1 saturated heterocycles. The van der Waals surface area contributed by atoms with E-state index in [1.54, 1.807) is 44.9 Å². The molecule has 1 aliphatic heterocycles. The van der Waals surface area contributed by atoms with Crippen LogP contribution in [0.5, 0.6) is 0 Å². The summed E-state index contributed by atoms with van der Waals surface area (Å²) >= 11 is 0. The third-order valence-corrected chi connectivity index (χ3v) is 10.9. The Morgan fingerprint density at radius 1 is 0.904 bits per heavy atom. The monoisotopic (exact) mass is 732 g/mol. The lowest BCUT2D eigenvalue weighted by molar-refractivity contribution is -0.148. The average molecular weight is 732 g/mol. The van der Waals surface area contributed by atoms with Crippen molar-refractivity contribution < 1.29 is 33.8 Å². The largest absolute Gasteiger partial charge is 0.386 e. The molecular formula is C40H69N5O7. The number of aliphatic hydroxyl groups is 1. The van der Waals surface area contributed by atoms with Gasteiger partial charge >= 0.3 is 0 Å². The van der Waals surface area contributed by atoms with Gasteiger partial charge in [-0.3, -0.25) is 24.1 Å². The summed E-state index contributed by atoms with van der Waals surface area (Å²) in [4.78, 5) is 60.6. The smallest absolute Gasteiger partial charge is 0.245 e. The molecule has 12 heteroatoms. The van der Waals surface area contributed by atoms with Gasteiger partial charge in [0.1, 0.15) is 6.04 Å². The van der Waals surface area contributed by atoms with Gasteiger partial charge in [-0.05, 0) is 57.2 Å². The SMILES string of the molecule is CCC(C)C(C(CC(=O)N1CCC[C@H]1C(OC)C(C)C(=O)NC(C)C(O)c1ccccc1)OC)N(C)C(=O)C(NC(=O)C(C(C)C)N(C)C)C(C)C. The molecule has 1 fully saturated rings. The molecule has 1 aliphatic rings. The van der Waals surface area contributed by atoms with Gasteiger partial charge < -0.3 is 35.0 Å². The number of aliphatic hydroxyl groups excluding tert-OH is 1. The predicted octanol–water partition coefficient (Wildman–Crippen LogP) is 3.87. The number of nitrogens with zero attached hydrogens (tertiary/aromatic N) is 3. The van der Waals surface area contributed by atoms with Gasteiger partial charge in [0.05, 0.1) is 54.8 Å². The Balaban J connectivity index is 2.25. The third-order valence-electron chi connectivity index (χ3n) is 10.9. The van der Waals surface area contributed by atoms with E-state index in [4.69, 9.17) is 9.47 Å². The lowest BCUT2D eigenvalue weighted by atomic mass is 9.89. The molecule has 9 unspecified atom stereocenters. The second-order valence-electron chi connectivity index (χ2n) is 15.6. The summed E-state index contributed by atoms with van der Waals surface area (Å²) in [6, 6.07) is 6.72. The number of rotatable bonds is 20. The summed E-state index contributed by atoms with van der Waals surface area (Å²) in [5, 5.41) is 16.8. The molecule has 52 heavy (non-hydrogen) atoms. The second kappa shape index (κ2) is 21.0. The van der Waals surface area contributed by atoms with Gasteiger partial charge in [-0.25, -0.2) is 0 Å². The number of likely N-dealkylation sites (N-methyl/N-ethyl adjacent to an activating group) is 2. The molecule has 0 radical (unpaired) electrons. The number of benzene rings is 1. The van der Waals surface area contributed by atoms with Gasteiger partial charge in [-0.1, -0.05) is 85.2 Å². The average Bonchev–Trinajstić information content (AvgIpc) is 3.59. The first-order valence-electron chi connectivity index (χ1n) is 19.0. The summed E-state index contributed by atoms with van der Waals surface area (Å²) in [6.07, 6.45) is 0.148. The molecule has 10 atom stereocenters. The highest BCUT2D eigenvalue weighted by Gasteiger charge is 2.43. The van der Waals surface area contributed by atoms with Crippen LogP contribution >= 0.6 is 0 Å². The van der Waals surface area contributed by atoms with E-state index in [2.05, 4.69) is 10.6 Å². The number of likely N-dealkylation sites (tertiary alicyclic amines) is 1. The van der Waals surface area contributed by atoms with Crippen molar-refractivity contribution in [3.05, 3.63) is 35.9 Å². The Bertz CT molecular complexity index is 1270. The fourth-order valence-corrected chi connectivity index (χ4v) is 7.78. The van der Waals surface area contributed by atoms with Crippen LogP contribution in [0.2, 0.25) is 0 Å². The molecule has 1 aromatic rings. The van der Waals surface area contributed by atoms with E-state index >= 15 is 0 Å². The first-order valence-corrected chi connectivity index (χ1v) is 19.0. The Morgan fingerprint density at radius 2 is 1.52 bits per heavy atom. The molecule has 2 rings (SSSR count). The maximum Gasteiger partial charge on any atom is 0.245 e. The zero-order valence-corrected chi connectivity index (χ0v) is 34.1. The Kier molecular flexibility index (Phi) is 18.2. The number of hydrogen-bond acceptors (Lipinski definition) is 8. The highest BCUT2D eigenvalue weighted by Crippen LogP contribution is 2.30. The van der Waals surface area contributed by atoms with Crippen molar-refractivity contribution in [1.29, 1.82) is 0 Å². The van der Waals surface area contributed by atoms with E-state index in [1.165, 1.54) is 0 Å². The molecule has 12 nitrogen and oxygen atoms in total. The summed E-state index contributed by atoms with van der Waals surface area (Å²) in [5.74, 6) is -1.57. The minimum atomic E-state index is -0.876. The van der Waals surface area contributed by atoms with Crippen LogP contribution < -0.4 is 10.6 Å². The van der Waals surface area contributed by atoms with Crippen LogP contribution in [0.3, 0.4) is 0 Å². The van der Waals surface area contributed by atoms with Crippen LogP contribution in [0.25, 0.3) is 0 Å². The summed E-state index contributed by atoms with van der Waals surface area (Å²) < 4.78 is 11.9. The highest BCUT2D eigenvalue weighted by molar-refractivity contribution is 5.90. The van der Waals surface area contributed by atoms with Crippen LogP contribution in [0.4, 0.5) is 0 Å². The van der Waals surface area contributed by atoms with Crippen molar-refractivity contribution in [2.75, 3.05) is 41.9 Å². The Morgan fingerprint density at radius 3 is 2.02 bits per heavy atom. The van der Waals surface area contributed by atoms with Gasteiger partial charge in [-0.2, -0.15) is 0 Å². The Labute approximate surface area is 313 Å². The topological polar surface area (TPSA) is 141 Å². The summed E-state index contributed by atoms with van der Waals surface area (Å²) in [7, 11) is 8.57. The van der Waals surface area contributed by atoms with Crippen LogP contribution in [-0.2, 0) is 28.7 Å². The van der Waals surface area contributed by atoms with Gasteiger partial charge in [-0.15, -0.1) is 0 Å². The second-order valence-corrected chi connectivity index (χ2v) is 15.6. The van der Waals surface area contributed by atoms with Crippen molar-refractivity contribution >= 4 is 23.6 Å².